The number of unbranched alkanes of at least 4 members (excludes halogenated alkanes) is 3. The minimum atomic E-state index is -0.756. The number of aromatic nitrogens is 3. The van der Waals surface area contributed by atoms with Crippen LogP contribution in [0.5, 0.6) is 0 Å². The number of rotatable bonds is 9. The van der Waals surface area contributed by atoms with Crippen LogP contribution in [0.2, 0.25) is 0 Å². The van der Waals surface area contributed by atoms with Crippen molar-refractivity contribution in [2.24, 2.45) is 0 Å². The number of nitrogens with one attached hydrogen (secondary N) is 1. The Morgan fingerprint density at radius 3 is 2.67 bits per heavy atom. The molecule has 0 spiro atoms. The van der Waals surface area contributed by atoms with Crippen molar-refractivity contribution in [2.45, 2.75) is 39.0 Å². The van der Waals surface area contributed by atoms with Crippen molar-refractivity contribution >= 4 is 11.9 Å². The van der Waals surface area contributed by atoms with Crippen LogP contribution in [-0.4, -0.2) is 38.3 Å². The molecule has 0 aliphatic heterocycles. The third kappa shape index (κ3) is 5.19. The molecule has 2 rings (SSSR count). The fraction of sp³-hybridized carbons (Fsp3) is 0.412. The maximum absolute atomic E-state index is 12.2. The summed E-state index contributed by atoms with van der Waals surface area (Å²) >= 11 is 0. The van der Waals surface area contributed by atoms with E-state index in [2.05, 4.69) is 15.4 Å². The highest BCUT2D eigenvalue weighted by Gasteiger charge is 2.09. The first-order valence-corrected chi connectivity index (χ1v) is 8.03. The zero-order chi connectivity index (χ0) is 17.4. The molecule has 7 nitrogen and oxygen atoms in total. The van der Waals surface area contributed by atoms with Crippen molar-refractivity contribution < 1.29 is 14.7 Å². The smallest absolute Gasteiger partial charge is 0.303 e. The van der Waals surface area contributed by atoms with E-state index in [9.17, 15) is 9.59 Å². The van der Waals surface area contributed by atoms with Gasteiger partial charge in [-0.25, -0.2) is 9.67 Å². The summed E-state index contributed by atoms with van der Waals surface area (Å²) in [5.74, 6) is -0.851. The largest absolute Gasteiger partial charge is 0.481 e. The Morgan fingerprint density at radius 2 is 2.00 bits per heavy atom. The molecule has 1 aromatic carbocycles. The van der Waals surface area contributed by atoms with Crippen LogP contribution in [0.3, 0.4) is 0 Å². The molecule has 128 valence electrons. The first-order valence-electron chi connectivity index (χ1n) is 8.03. The fourth-order valence-electron chi connectivity index (χ4n) is 2.44. The number of carboxylic acids is 1. The van der Waals surface area contributed by atoms with Gasteiger partial charge < -0.3 is 10.4 Å². The van der Waals surface area contributed by atoms with Crippen molar-refractivity contribution in [1.29, 1.82) is 0 Å². The second-order valence-corrected chi connectivity index (χ2v) is 5.65. The average Bonchev–Trinajstić information content (AvgIpc) is 3.07. The molecule has 0 bridgehead atoms. The van der Waals surface area contributed by atoms with Crippen molar-refractivity contribution in [3.05, 3.63) is 42.0 Å². The van der Waals surface area contributed by atoms with Gasteiger partial charge in [-0.1, -0.05) is 12.8 Å². The van der Waals surface area contributed by atoms with E-state index in [1.807, 2.05) is 19.1 Å². The lowest BCUT2D eigenvalue weighted by Gasteiger charge is -2.09. The SMILES string of the molecule is Cc1cc(-n2cncn2)ccc1C(=O)NCCCCCCC(=O)O. The van der Waals surface area contributed by atoms with Crippen molar-refractivity contribution in [3.8, 4) is 5.69 Å². The molecule has 0 atom stereocenters. The van der Waals surface area contributed by atoms with E-state index >= 15 is 0 Å². The fourth-order valence-corrected chi connectivity index (χ4v) is 2.44. The number of aliphatic carboxylic acids is 1. The molecule has 0 fully saturated rings. The molecule has 2 aromatic rings. The van der Waals surface area contributed by atoms with Gasteiger partial charge in [-0.15, -0.1) is 0 Å². The molecule has 0 saturated carbocycles. The molecular weight excluding hydrogens is 308 g/mol. The van der Waals surface area contributed by atoms with Gasteiger partial charge in [-0.3, -0.25) is 9.59 Å². The summed E-state index contributed by atoms with van der Waals surface area (Å²) in [5, 5.41) is 15.5. The van der Waals surface area contributed by atoms with Gasteiger partial charge in [0.2, 0.25) is 0 Å². The predicted octanol–water partition coefficient (Wildman–Crippen LogP) is 2.34. The van der Waals surface area contributed by atoms with Crippen molar-refractivity contribution in [2.75, 3.05) is 6.54 Å². The Bertz CT molecular complexity index is 683. The van der Waals surface area contributed by atoms with Crippen LogP contribution < -0.4 is 5.32 Å². The standard InChI is InChI=1S/C17H22N4O3/c1-13-10-14(21-12-18-11-20-21)7-8-15(13)17(24)19-9-5-3-2-4-6-16(22)23/h7-8,10-12H,2-6,9H2,1H3,(H,19,24)(H,22,23). The molecular formula is C17H22N4O3. The number of aryl methyl sites for hydroxylation is 1. The first-order chi connectivity index (χ1) is 11.6. The summed E-state index contributed by atoms with van der Waals surface area (Å²) in [7, 11) is 0. The second kappa shape index (κ2) is 8.81. The molecule has 2 N–H and O–H groups in total. The molecule has 0 aliphatic rings. The van der Waals surface area contributed by atoms with Crippen LogP contribution in [0.15, 0.2) is 30.9 Å². The topological polar surface area (TPSA) is 97.1 Å². The minimum absolute atomic E-state index is 0.0943. The molecule has 1 amide bonds. The lowest BCUT2D eigenvalue weighted by molar-refractivity contribution is -0.137. The van der Waals surface area contributed by atoms with Crippen LogP contribution >= 0.6 is 0 Å². The summed E-state index contributed by atoms with van der Waals surface area (Å²) in [5.41, 5.74) is 2.38. The number of carbonyl (C=O) groups is 2. The molecule has 0 saturated heterocycles. The summed E-state index contributed by atoms with van der Waals surface area (Å²) in [6.45, 7) is 2.48. The van der Waals surface area contributed by atoms with Crippen LogP contribution in [0.4, 0.5) is 0 Å². The van der Waals surface area contributed by atoms with E-state index in [1.165, 1.54) is 6.33 Å². The number of hydrogen-bond acceptors (Lipinski definition) is 4. The maximum Gasteiger partial charge on any atom is 0.303 e. The van der Waals surface area contributed by atoms with Gasteiger partial charge in [0.25, 0.3) is 5.91 Å². The number of nitrogens with zero attached hydrogens (tertiary/aromatic N) is 3. The van der Waals surface area contributed by atoms with E-state index < -0.39 is 5.97 Å². The van der Waals surface area contributed by atoms with E-state index in [1.54, 1.807) is 17.1 Å². The van der Waals surface area contributed by atoms with Crippen LogP contribution in [0.1, 0.15) is 48.0 Å². The monoisotopic (exact) mass is 330 g/mol. The molecule has 1 heterocycles. The lowest BCUT2D eigenvalue weighted by Crippen LogP contribution is -2.25. The molecule has 1 aromatic heterocycles. The number of benzene rings is 1. The Labute approximate surface area is 140 Å². The van der Waals surface area contributed by atoms with Crippen molar-refractivity contribution in [3.63, 3.8) is 0 Å². The summed E-state index contributed by atoms with van der Waals surface area (Å²) in [4.78, 5) is 26.5. The molecule has 0 unspecified atom stereocenters. The highest BCUT2D eigenvalue weighted by atomic mass is 16.4. The van der Waals surface area contributed by atoms with Gasteiger partial charge in [0.05, 0.1) is 5.69 Å². The number of carbonyl (C=O) groups excluding carboxylic acids is 1. The molecule has 0 radical (unpaired) electrons. The highest BCUT2D eigenvalue weighted by molar-refractivity contribution is 5.95. The Morgan fingerprint density at radius 1 is 1.21 bits per heavy atom. The number of amides is 1. The third-order valence-electron chi connectivity index (χ3n) is 3.74. The maximum atomic E-state index is 12.2. The second-order valence-electron chi connectivity index (χ2n) is 5.65. The first kappa shape index (κ1) is 17.7. The Balaban J connectivity index is 1.77. The quantitative estimate of drug-likeness (QED) is 0.688. The summed E-state index contributed by atoms with van der Waals surface area (Å²) in [6.07, 6.45) is 6.61. The third-order valence-corrected chi connectivity index (χ3v) is 3.74. The Kier molecular flexibility index (Phi) is 6.48. The van der Waals surface area contributed by atoms with Gasteiger partial charge in [-0.2, -0.15) is 5.10 Å². The number of carboxylic acid groups (broad SMARTS) is 1. The van der Waals surface area contributed by atoms with Crippen LogP contribution in [0.25, 0.3) is 5.69 Å². The van der Waals surface area contributed by atoms with Gasteiger partial charge in [0, 0.05) is 18.5 Å². The zero-order valence-corrected chi connectivity index (χ0v) is 13.7. The molecule has 0 aliphatic carbocycles. The normalized spacial score (nSPS) is 10.5. The van der Waals surface area contributed by atoms with E-state index in [0.29, 0.717) is 18.5 Å². The van der Waals surface area contributed by atoms with Gasteiger partial charge in [-0.05, 0) is 43.5 Å². The summed E-state index contributed by atoms with van der Waals surface area (Å²) in [6, 6.07) is 5.52. The van der Waals surface area contributed by atoms with E-state index in [0.717, 1.165) is 30.5 Å². The zero-order valence-electron chi connectivity index (χ0n) is 13.7. The van der Waals surface area contributed by atoms with E-state index in [-0.39, 0.29) is 12.3 Å². The minimum Gasteiger partial charge on any atom is -0.481 e. The molecule has 24 heavy (non-hydrogen) atoms. The summed E-state index contributed by atoms with van der Waals surface area (Å²) < 4.78 is 1.64. The van der Waals surface area contributed by atoms with Gasteiger partial charge >= 0.3 is 5.97 Å². The van der Waals surface area contributed by atoms with E-state index in [4.69, 9.17) is 5.11 Å². The van der Waals surface area contributed by atoms with Crippen molar-refractivity contribution in [1.82, 2.24) is 20.1 Å². The molecule has 7 heteroatoms. The van der Waals surface area contributed by atoms with Crippen LogP contribution in [-0.2, 0) is 4.79 Å². The van der Waals surface area contributed by atoms with Crippen LogP contribution in [0, 0.1) is 6.92 Å². The lowest BCUT2D eigenvalue weighted by atomic mass is 10.1. The van der Waals surface area contributed by atoms with Gasteiger partial charge in [0.1, 0.15) is 12.7 Å². The van der Waals surface area contributed by atoms with Gasteiger partial charge in [0.15, 0.2) is 0 Å². The predicted molar refractivity (Wildman–Crippen MR) is 89.2 cm³/mol. The highest BCUT2D eigenvalue weighted by Crippen LogP contribution is 2.14. The number of hydrogen-bond donors (Lipinski definition) is 2. The Hall–Kier alpha value is -2.70. The average molecular weight is 330 g/mol.